The quantitative estimate of drug-likeness (QED) is 0.311. The molecule has 0 radical (unpaired) electrons. The zero-order valence-electron chi connectivity index (χ0n) is 22.3. The highest BCUT2D eigenvalue weighted by Gasteiger charge is 2.42. The van der Waals surface area contributed by atoms with Crippen molar-refractivity contribution in [3.63, 3.8) is 0 Å². The van der Waals surface area contributed by atoms with Crippen LogP contribution in [0.2, 0.25) is 0 Å². The summed E-state index contributed by atoms with van der Waals surface area (Å²) in [6.45, 7) is 3.88. The van der Waals surface area contributed by atoms with E-state index in [1.807, 2.05) is 13.8 Å². The van der Waals surface area contributed by atoms with Crippen molar-refractivity contribution in [3.8, 4) is 5.75 Å². The number of hydrogen-bond acceptors (Lipinski definition) is 9. The molecule has 2 aromatic rings. The van der Waals surface area contributed by atoms with Gasteiger partial charge in [-0.3, -0.25) is 24.6 Å². The Balaban J connectivity index is 1.89. The largest absolute Gasteiger partial charge is 0.496 e. The van der Waals surface area contributed by atoms with Crippen LogP contribution < -0.4 is 10.1 Å². The van der Waals surface area contributed by atoms with Gasteiger partial charge in [0.1, 0.15) is 16.7 Å². The van der Waals surface area contributed by atoms with Crippen molar-refractivity contribution in [2.24, 2.45) is 4.99 Å². The average molecular weight is 578 g/mol. The number of nitrogens with one attached hydrogen (secondary N) is 1. The molecule has 3 rings (SSSR count). The van der Waals surface area contributed by atoms with E-state index in [0.29, 0.717) is 23.7 Å². The molecule has 39 heavy (non-hydrogen) atoms. The summed E-state index contributed by atoms with van der Waals surface area (Å²) in [7, 11) is 0.562. The number of benzene rings is 2. The number of anilines is 1. The molecular weight excluding hydrogens is 546 g/mol. The zero-order valence-corrected chi connectivity index (χ0v) is 23.9. The molecule has 14 heteroatoms. The molecule has 0 aromatic heterocycles. The third-order valence-electron chi connectivity index (χ3n) is 6.14. The second kappa shape index (κ2) is 12.6. The van der Waals surface area contributed by atoms with E-state index in [0.717, 1.165) is 16.1 Å². The number of carbonyl (C=O) groups excluding carboxylic acids is 2. The first kappa shape index (κ1) is 30.1. The first-order chi connectivity index (χ1) is 18.4. The van der Waals surface area contributed by atoms with Gasteiger partial charge in [0.2, 0.25) is 21.8 Å². The molecule has 1 heterocycles. The summed E-state index contributed by atoms with van der Waals surface area (Å²) in [5, 5.41) is 13.6. The second-order valence-electron chi connectivity index (χ2n) is 8.86. The van der Waals surface area contributed by atoms with Gasteiger partial charge in [0.15, 0.2) is 5.17 Å². The van der Waals surface area contributed by atoms with Gasteiger partial charge in [0.05, 0.1) is 28.7 Å². The molecule has 1 aliphatic rings. The number of carbonyl (C=O) groups is 2. The Morgan fingerprint density at radius 3 is 2.51 bits per heavy atom. The molecule has 0 aliphatic carbocycles. The minimum absolute atomic E-state index is 0.00842. The Morgan fingerprint density at radius 1 is 1.23 bits per heavy atom. The average Bonchev–Trinajstić information content (AvgIpc) is 3.19. The zero-order chi connectivity index (χ0) is 28.9. The highest BCUT2D eigenvalue weighted by Crippen LogP contribution is 2.36. The SMILES string of the molecule is CCC(CC)N1C(=O)C(CC(=O)Nc2ccc(OC)cc2[N+](=O)[O-])SC1=Nc1cccc(S(=O)(=O)N(C)C)c1. The molecule has 1 saturated heterocycles. The number of rotatable bonds is 11. The number of thioether (sulfide) groups is 1. The summed E-state index contributed by atoms with van der Waals surface area (Å²) < 4.78 is 31.3. The molecule has 0 saturated carbocycles. The van der Waals surface area contributed by atoms with Crippen molar-refractivity contribution in [2.45, 2.75) is 49.3 Å². The molecule has 1 N–H and O–H groups in total. The highest BCUT2D eigenvalue weighted by atomic mass is 32.2. The molecule has 2 amide bonds. The first-order valence-electron chi connectivity index (χ1n) is 12.2. The Hall–Kier alpha value is -3.49. The van der Waals surface area contributed by atoms with Gasteiger partial charge in [-0.1, -0.05) is 31.7 Å². The number of sulfonamides is 1. The van der Waals surface area contributed by atoms with Crippen molar-refractivity contribution in [2.75, 3.05) is 26.5 Å². The van der Waals surface area contributed by atoms with Crippen LogP contribution in [0.15, 0.2) is 52.4 Å². The van der Waals surface area contributed by atoms with Crippen LogP contribution >= 0.6 is 11.8 Å². The molecule has 210 valence electrons. The summed E-state index contributed by atoms with van der Waals surface area (Å²) in [5.74, 6) is -0.604. The number of ether oxygens (including phenoxy) is 1. The normalized spacial score (nSPS) is 16.8. The van der Waals surface area contributed by atoms with Crippen LogP contribution in [0.3, 0.4) is 0 Å². The minimum atomic E-state index is -3.69. The van der Waals surface area contributed by atoms with Gasteiger partial charge in [-0.05, 0) is 43.2 Å². The van der Waals surface area contributed by atoms with Crippen LogP contribution in [0, 0.1) is 10.1 Å². The molecule has 0 spiro atoms. The van der Waals surface area contributed by atoms with Gasteiger partial charge in [0, 0.05) is 26.6 Å². The third kappa shape index (κ3) is 6.75. The molecule has 1 fully saturated rings. The van der Waals surface area contributed by atoms with Crippen molar-refractivity contribution in [1.29, 1.82) is 0 Å². The first-order valence-corrected chi connectivity index (χ1v) is 14.5. The Kier molecular flexibility index (Phi) is 9.69. The number of nitro benzene ring substituents is 1. The number of amides is 2. The van der Waals surface area contributed by atoms with Gasteiger partial charge >= 0.3 is 0 Å². The van der Waals surface area contributed by atoms with Crippen molar-refractivity contribution in [1.82, 2.24) is 9.21 Å². The lowest BCUT2D eigenvalue weighted by molar-refractivity contribution is -0.384. The van der Waals surface area contributed by atoms with Gasteiger partial charge < -0.3 is 10.1 Å². The maximum atomic E-state index is 13.4. The number of nitro groups is 1. The van der Waals surface area contributed by atoms with Crippen molar-refractivity contribution >= 4 is 55.8 Å². The predicted octanol–water partition coefficient (Wildman–Crippen LogP) is 4.00. The monoisotopic (exact) mass is 577 g/mol. The van der Waals surface area contributed by atoms with E-state index in [1.165, 1.54) is 51.5 Å². The lowest BCUT2D eigenvalue weighted by Gasteiger charge is -2.25. The van der Waals surface area contributed by atoms with Crippen LogP contribution in [0.25, 0.3) is 0 Å². The topological polar surface area (TPSA) is 152 Å². The van der Waals surface area contributed by atoms with Crippen LogP contribution in [0.1, 0.15) is 33.1 Å². The van der Waals surface area contributed by atoms with Crippen LogP contribution in [0.5, 0.6) is 5.75 Å². The second-order valence-corrected chi connectivity index (χ2v) is 12.2. The van der Waals surface area contributed by atoms with E-state index in [-0.39, 0.29) is 40.4 Å². The van der Waals surface area contributed by atoms with Crippen LogP contribution in [-0.4, -0.2) is 72.0 Å². The standard InChI is InChI=1S/C25H31N5O7S2/c1-6-17(7-2)29-24(32)22(15-23(31)27-20-12-11-18(37-5)14-21(20)30(33)34)38-25(29)26-16-9-8-10-19(13-16)39(35,36)28(3)4/h8-14,17,22H,6-7,15H2,1-5H3,(H,27,31). The lowest BCUT2D eigenvalue weighted by atomic mass is 10.1. The van der Waals surface area contributed by atoms with E-state index in [9.17, 15) is 28.1 Å². The third-order valence-corrected chi connectivity index (χ3v) is 9.10. The summed E-state index contributed by atoms with van der Waals surface area (Å²) in [6.07, 6.45) is 1.05. The van der Waals surface area contributed by atoms with Gasteiger partial charge in [-0.15, -0.1) is 0 Å². The number of nitrogens with zero attached hydrogens (tertiary/aromatic N) is 4. The molecular formula is C25H31N5O7S2. The Labute approximate surface area is 231 Å². The molecule has 2 aromatic carbocycles. The van der Waals surface area contributed by atoms with E-state index in [2.05, 4.69) is 10.3 Å². The molecule has 0 bridgehead atoms. The molecule has 1 unspecified atom stereocenters. The fraction of sp³-hybridized carbons (Fsp3) is 0.400. The maximum Gasteiger partial charge on any atom is 0.296 e. The number of amidine groups is 1. The maximum absolute atomic E-state index is 13.4. The lowest BCUT2D eigenvalue weighted by Crippen LogP contribution is -2.41. The predicted molar refractivity (Wildman–Crippen MR) is 150 cm³/mol. The highest BCUT2D eigenvalue weighted by molar-refractivity contribution is 8.15. The fourth-order valence-corrected chi connectivity index (χ4v) is 6.14. The van der Waals surface area contributed by atoms with Gasteiger partial charge in [0.25, 0.3) is 5.69 Å². The van der Waals surface area contributed by atoms with Gasteiger partial charge in [-0.25, -0.2) is 17.7 Å². The Morgan fingerprint density at radius 2 is 1.92 bits per heavy atom. The number of methoxy groups -OCH3 is 1. The van der Waals surface area contributed by atoms with E-state index in [1.54, 1.807) is 17.0 Å². The summed E-state index contributed by atoms with van der Waals surface area (Å²) >= 11 is 1.11. The van der Waals surface area contributed by atoms with Crippen LogP contribution in [0.4, 0.5) is 17.1 Å². The summed E-state index contributed by atoms with van der Waals surface area (Å²) in [4.78, 5) is 43.4. The molecule has 1 atom stereocenters. The molecule has 1 aliphatic heterocycles. The minimum Gasteiger partial charge on any atom is -0.496 e. The molecule has 12 nitrogen and oxygen atoms in total. The van der Waals surface area contributed by atoms with Gasteiger partial charge in [-0.2, -0.15) is 0 Å². The fourth-order valence-electron chi connectivity index (χ4n) is 3.98. The summed E-state index contributed by atoms with van der Waals surface area (Å²) in [5.41, 5.74) is 0.00982. The van der Waals surface area contributed by atoms with Crippen molar-refractivity contribution < 1.29 is 27.7 Å². The van der Waals surface area contributed by atoms with E-state index in [4.69, 9.17) is 4.74 Å². The van der Waals surface area contributed by atoms with E-state index >= 15 is 0 Å². The number of aliphatic imine (C=N–C) groups is 1. The Bertz CT molecular complexity index is 1390. The van der Waals surface area contributed by atoms with Crippen molar-refractivity contribution in [3.05, 3.63) is 52.6 Å². The smallest absolute Gasteiger partial charge is 0.296 e. The summed E-state index contributed by atoms with van der Waals surface area (Å²) in [6, 6.07) is 10.0. The number of hydrogen-bond donors (Lipinski definition) is 1. The van der Waals surface area contributed by atoms with Crippen LogP contribution in [-0.2, 0) is 19.6 Å². The van der Waals surface area contributed by atoms with E-state index < -0.39 is 26.1 Å².